The molecule has 100 valence electrons. The first kappa shape index (κ1) is 13.1. The molecule has 1 aromatic carbocycles. The van der Waals surface area contributed by atoms with Crippen LogP contribution < -0.4 is 9.47 Å². The minimum atomic E-state index is -1.32. The van der Waals surface area contributed by atoms with Crippen LogP contribution in [0.5, 0.6) is 11.5 Å². The van der Waals surface area contributed by atoms with Crippen molar-refractivity contribution in [2.24, 2.45) is 0 Å². The Morgan fingerprint density at radius 1 is 1.11 bits per heavy atom. The molecule has 6 heteroatoms. The van der Waals surface area contributed by atoms with Gasteiger partial charge in [0, 0.05) is 0 Å². The van der Waals surface area contributed by atoms with Crippen LogP contribution in [-0.2, 0) is 4.74 Å². The molecule has 1 heterocycles. The minimum Gasteiger partial charge on any atom is -0.493 e. The van der Waals surface area contributed by atoms with Crippen LogP contribution in [0.4, 0.5) is 0 Å². The van der Waals surface area contributed by atoms with Crippen LogP contribution in [-0.4, -0.2) is 53.6 Å². The summed E-state index contributed by atoms with van der Waals surface area (Å²) in [6.45, 7) is -0.0992. The van der Waals surface area contributed by atoms with Gasteiger partial charge in [0.15, 0.2) is 11.5 Å². The predicted octanol–water partition coefficient (Wildman–Crippen LogP) is -0.487. The molecule has 0 amide bonds. The molecule has 0 saturated carbocycles. The molecular weight excluding hydrogens is 240 g/mol. The Balaban J connectivity index is 2.09. The second kappa shape index (κ2) is 5.53. The molecule has 2 rings (SSSR count). The zero-order valence-corrected chi connectivity index (χ0v) is 9.89. The summed E-state index contributed by atoms with van der Waals surface area (Å²) in [5.41, 5.74) is 0. The van der Waals surface area contributed by atoms with Crippen LogP contribution in [0.1, 0.15) is 0 Å². The van der Waals surface area contributed by atoms with Gasteiger partial charge in [0.25, 0.3) is 0 Å². The second-order valence-corrected chi connectivity index (χ2v) is 4.02. The Morgan fingerprint density at radius 2 is 1.78 bits per heavy atom. The zero-order valence-electron chi connectivity index (χ0n) is 9.89. The number of aliphatic hydroxyl groups is 3. The fraction of sp³-hybridized carbons (Fsp3) is 0.500. The van der Waals surface area contributed by atoms with E-state index in [1.54, 1.807) is 24.3 Å². The molecule has 0 bridgehead atoms. The largest absolute Gasteiger partial charge is 0.493 e. The van der Waals surface area contributed by atoms with Crippen molar-refractivity contribution in [2.45, 2.75) is 24.6 Å². The van der Waals surface area contributed by atoms with Crippen molar-refractivity contribution in [3.8, 4) is 11.5 Å². The fourth-order valence-electron chi connectivity index (χ4n) is 1.72. The molecule has 0 spiro atoms. The molecule has 1 saturated heterocycles. The highest BCUT2D eigenvalue weighted by Gasteiger charge is 2.39. The number of ether oxygens (including phenoxy) is 3. The highest BCUT2D eigenvalue weighted by Crippen LogP contribution is 2.29. The fourth-order valence-corrected chi connectivity index (χ4v) is 1.72. The maximum atomic E-state index is 9.73. The number of hydrogen-bond donors (Lipinski definition) is 3. The lowest BCUT2D eigenvalue weighted by molar-refractivity contribution is -0.242. The van der Waals surface area contributed by atoms with Gasteiger partial charge in [-0.05, 0) is 12.1 Å². The average molecular weight is 256 g/mol. The monoisotopic (exact) mass is 256 g/mol. The van der Waals surface area contributed by atoms with Gasteiger partial charge in [0.1, 0.15) is 18.3 Å². The first-order valence-electron chi connectivity index (χ1n) is 5.59. The SMILES string of the molecule is COc1ccccc1O[C@@H]1OC[C@H](O)[C@@H](O)[C@H]1O. The molecular formula is C12H16O6. The van der Waals surface area contributed by atoms with E-state index in [1.165, 1.54) is 7.11 Å². The van der Waals surface area contributed by atoms with Crippen LogP contribution in [0.2, 0.25) is 0 Å². The van der Waals surface area contributed by atoms with Crippen LogP contribution >= 0.6 is 0 Å². The van der Waals surface area contributed by atoms with Crippen LogP contribution in [0, 0.1) is 0 Å². The van der Waals surface area contributed by atoms with E-state index in [1.807, 2.05) is 0 Å². The average Bonchev–Trinajstić information content (AvgIpc) is 2.40. The Morgan fingerprint density at radius 3 is 2.44 bits per heavy atom. The number of hydrogen-bond acceptors (Lipinski definition) is 6. The van der Waals surface area contributed by atoms with Gasteiger partial charge in [-0.3, -0.25) is 0 Å². The molecule has 0 aliphatic carbocycles. The summed E-state index contributed by atoms with van der Waals surface area (Å²) >= 11 is 0. The number of rotatable bonds is 3. The lowest BCUT2D eigenvalue weighted by Crippen LogP contribution is -2.54. The van der Waals surface area contributed by atoms with E-state index < -0.39 is 24.6 Å². The molecule has 1 aromatic rings. The Labute approximate surface area is 104 Å². The maximum Gasteiger partial charge on any atom is 0.229 e. The van der Waals surface area contributed by atoms with Crippen LogP contribution in [0.25, 0.3) is 0 Å². The third kappa shape index (κ3) is 2.56. The van der Waals surface area contributed by atoms with Gasteiger partial charge in [-0.1, -0.05) is 12.1 Å². The lowest BCUT2D eigenvalue weighted by Gasteiger charge is -2.35. The molecule has 0 unspecified atom stereocenters. The van der Waals surface area contributed by atoms with Crippen molar-refractivity contribution >= 4 is 0 Å². The second-order valence-electron chi connectivity index (χ2n) is 4.02. The van der Waals surface area contributed by atoms with Crippen LogP contribution in [0.3, 0.4) is 0 Å². The highest BCUT2D eigenvalue weighted by atomic mass is 16.7. The predicted molar refractivity (Wildman–Crippen MR) is 61.4 cm³/mol. The number of aliphatic hydroxyl groups excluding tert-OH is 3. The number of methoxy groups -OCH3 is 1. The first-order chi connectivity index (χ1) is 8.63. The van der Waals surface area contributed by atoms with Crippen molar-refractivity contribution < 1.29 is 29.5 Å². The normalized spacial score (nSPS) is 32.0. The minimum absolute atomic E-state index is 0.0992. The van der Waals surface area contributed by atoms with Gasteiger partial charge in [-0.2, -0.15) is 0 Å². The molecule has 3 N–H and O–H groups in total. The summed E-state index contributed by atoms with van der Waals surface area (Å²) in [7, 11) is 1.50. The van der Waals surface area contributed by atoms with E-state index >= 15 is 0 Å². The van der Waals surface area contributed by atoms with Gasteiger partial charge in [0.05, 0.1) is 13.7 Å². The Bertz CT molecular complexity index is 396. The Kier molecular flexibility index (Phi) is 4.03. The third-order valence-corrected chi connectivity index (χ3v) is 2.77. The van der Waals surface area contributed by atoms with Crippen molar-refractivity contribution in [3.63, 3.8) is 0 Å². The molecule has 1 aliphatic heterocycles. The van der Waals surface area contributed by atoms with Crippen molar-refractivity contribution in [2.75, 3.05) is 13.7 Å². The quantitative estimate of drug-likeness (QED) is 0.676. The number of benzene rings is 1. The molecule has 4 atom stereocenters. The van der Waals surface area contributed by atoms with E-state index in [0.29, 0.717) is 11.5 Å². The first-order valence-corrected chi connectivity index (χ1v) is 5.59. The highest BCUT2D eigenvalue weighted by molar-refractivity contribution is 5.39. The summed E-state index contributed by atoms with van der Waals surface area (Å²) in [4.78, 5) is 0. The molecule has 0 aromatic heterocycles. The molecule has 1 aliphatic rings. The molecule has 1 fully saturated rings. The van der Waals surface area contributed by atoms with E-state index in [9.17, 15) is 15.3 Å². The van der Waals surface area contributed by atoms with Crippen molar-refractivity contribution in [1.29, 1.82) is 0 Å². The standard InChI is InChI=1S/C12H16O6/c1-16-8-4-2-3-5-9(8)18-12-11(15)10(14)7(13)6-17-12/h2-5,7,10-15H,6H2,1H3/t7-,10+,11+,12-/m0/s1. The smallest absolute Gasteiger partial charge is 0.229 e. The zero-order chi connectivity index (χ0) is 13.1. The van der Waals surface area contributed by atoms with Gasteiger partial charge >= 0.3 is 0 Å². The maximum absolute atomic E-state index is 9.73. The topological polar surface area (TPSA) is 88.4 Å². The van der Waals surface area contributed by atoms with Crippen molar-refractivity contribution in [3.05, 3.63) is 24.3 Å². The van der Waals surface area contributed by atoms with Gasteiger partial charge in [-0.15, -0.1) is 0 Å². The van der Waals surface area contributed by atoms with Crippen LogP contribution in [0.15, 0.2) is 24.3 Å². The lowest BCUT2D eigenvalue weighted by atomic mass is 10.1. The molecule has 0 radical (unpaired) electrons. The third-order valence-electron chi connectivity index (χ3n) is 2.77. The van der Waals surface area contributed by atoms with Gasteiger partial charge in [-0.25, -0.2) is 0 Å². The van der Waals surface area contributed by atoms with E-state index in [0.717, 1.165) is 0 Å². The summed E-state index contributed by atoms with van der Waals surface area (Å²) in [5, 5.41) is 28.6. The van der Waals surface area contributed by atoms with Gasteiger partial charge < -0.3 is 29.5 Å². The van der Waals surface area contributed by atoms with E-state index in [4.69, 9.17) is 14.2 Å². The Hall–Kier alpha value is -1.34. The number of para-hydroxylation sites is 2. The van der Waals surface area contributed by atoms with E-state index in [2.05, 4.69) is 0 Å². The molecule has 18 heavy (non-hydrogen) atoms. The summed E-state index contributed by atoms with van der Waals surface area (Å²) in [5.74, 6) is 0.890. The summed E-state index contributed by atoms with van der Waals surface area (Å²) in [6, 6.07) is 6.89. The van der Waals surface area contributed by atoms with E-state index in [-0.39, 0.29) is 6.61 Å². The molecule has 6 nitrogen and oxygen atoms in total. The van der Waals surface area contributed by atoms with Crippen molar-refractivity contribution in [1.82, 2.24) is 0 Å². The van der Waals surface area contributed by atoms with Gasteiger partial charge in [0.2, 0.25) is 6.29 Å². The summed E-state index contributed by atoms with van der Waals surface area (Å²) < 4.78 is 15.7. The summed E-state index contributed by atoms with van der Waals surface area (Å²) in [6.07, 6.45) is -4.77.